The van der Waals surface area contributed by atoms with E-state index in [1.807, 2.05) is 26.0 Å². The highest BCUT2D eigenvalue weighted by Crippen LogP contribution is 2.36. The van der Waals surface area contributed by atoms with Gasteiger partial charge in [-0.05, 0) is 56.9 Å². The Kier molecular flexibility index (Phi) is 5.02. The van der Waals surface area contributed by atoms with Crippen molar-refractivity contribution in [3.8, 4) is 0 Å². The molecular formula is C20H21ClN4OS. The zero-order valence-electron chi connectivity index (χ0n) is 15.4. The summed E-state index contributed by atoms with van der Waals surface area (Å²) in [5, 5.41) is 4.56. The third-order valence-electron chi connectivity index (χ3n) is 4.96. The number of carbonyl (C=O) groups excluding carboxylic acids is 1. The summed E-state index contributed by atoms with van der Waals surface area (Å²) in [4.78, 5) is 26.2. The zero-order valence-corrected chi connectivity index (χ0v) is 17.0. The van der Waals surface area contributed by atoms with Crippen LogP contribution in [0.3, 0.4) is 0 Å². The first kappa shape index (κ1) is 18.2. The Morgan fingerprint density at radius 3 is 2.70 bits per heavy atom. The molecule has 0 unspecified atom stereocenters. The number of rotatable bonds is 3. The van der Waals surface area contributed by atoms with Crippen LogP contribution in [-0.4, -0.2) is 29.0 Å². The Balaban J connectivity index is 1.76. The average Bonchev–Trinajstić information content (AvgIpc) is 3.00. The molecule has 1 fully saturated rings. The maximum atomic E-state index is 13.2. The van der Waals surface area contributed by atoms with Crippen molar-refractivity contribution in [1.82, 2.24) is 9.97 Å². The minimum absolute atomic E-state index is 0.128. The van der Waals surface area contributed by atoms with Gasteiger partial charge in [0, 0.05) is 28.7 Å². The molecule has 2 aromatic heterocycles. The molecule has 0 spiro atoms. The molecule has 0 saturated carbocycles. The van der Waals surface area contributed by atoms with Crippen molar-refractivity contribution in [1.29, 1.82) is 0 Å². The Morgan fingerprint density at radius 2 is 1.96 bits per heavy atom. The van der Waals surface area contributed by atoms with Gasteiger partial charge in [0.25, 0.3) is 5.91 Å². The molecule has 1 amide bonds. The van der Waals surface area contributed by atoms with Crippen molar-refractivity contribution >= 4 is 50.6 Å². The van der Waals surface area contributed by atoms with Crippen LogP contribution in [0.25, 0.3) is 10.2 Å². The van der Waals surface area contributed by atoms with Gasteiger partial charge in [0.1, 0.15) is 17.0 Å². The van der Waals surface area contributed by atoms with Crippen LogP contribution < -0.4 is 10.2 Å². The molecule has 27 heavy (non-hydrogen) atoms. The summed E-state index contributed by atoms with van der Waals surface area (Å²) in [6, 6.07) is 5.46. The number of nitrogens with one attached hydrogen (secondary N) is 1. The zero-order chi connectivity index (χ0) is 19.0. The Labute approximate surface area is 167 Å². The van der Waals surface area contributed by atoms with E-state index >= 15 is 0 Å². The summed E-state index contributed by atoms with van der Waals surface area (Å²) in [6.07, 6.45) is 5.16. The quantitative estimate of drug-likeness (QED) is 0.656. The maximum Gasteiger partial charge on any atom is 0.257 e. The topological polar surface area (TPSA) is 58.1 Å². The van der Waals surface area contributed by atoms with E-state index in [0.717, 1.165) is 58.1 Å². The van der Waals surface area contributed by atoms with Crippen molar-refractivity contribution in [2.75, 3.05) is 23.3 Å². The molecule has 3 aromatic rings. The number of hydrogen-bond acceptors (Lipinski definition) is 5. The van der Waals surface area contributed by atoms with Gasteiger partial charge in [0.15, 0.2) is 0 Å². The fourth-order valence-corrected chi connectivity index (χ4v) is 4.81. The van der Waals surface area contributed by atoms with Gasteiger partial charge in [-0.25, -0.2) is 9.97 Å². The lowest BCUT2D eigenvalue weighted by atomic mass is 10.1. The van der Waals surface area contributed by atoms with Gasteiger partial charge in [-0.1, -0.05) is 11.6 Å². The first-order valence-electron chi connectivity index (χ1n) is 9.11. The number of aromatic nitrogens is 2. The molecule has 4 rings (SSSR count). The second-order valence-corrected chi connectivity index (χ2v) is 8.51. The molecule has 0 radical (unpaired) electrons. The number of carbonyl (C=O) groups is 1. The van der Waals surface area contributed by atoms with Gasteiger partial charge in [0.05, 0.1) is 10.9 Å². The normalized spacial score (nSPS) is 14.6. The smallest absolute Gasteiger partial charge is 0.257 e. The second kappa shape index (κ2) is 7.44. The minimum atomic E-state index is -0.128. The number of fused-ring (bicyclic) bond motifs is 1. The predicted octanol–water partition coefficient (Wildman–Crippen LogP) is 5.20. The summed E-state index contributed by atoms with van der Waals surface area (Å²) in [7, 11) is 0. The van der Waals surface area contributed by atoms with Gasteiger partial charge in [0.2, 0.25) is 0 Å². The lowest BCUT2D eigenvalue weighted by Gasteiger charge is -2.28. The molecule has 1 aliphatic heterocycles. The van der Waals surface area contributed by atoms with Crippen LogP contribution in [0.15, 0.2) is 24.5 Å². The number of amides is 1. The van der Waals surface area contributed by atoms with E-state index < -0.39 is 0 Å². The molecule has 1 aliphatic rings. The van der Waals surface area contributed by atoms with Crippen LogP contribution in [-0.2, 0) is 0 Å². The van der Waals surface area contributed by atoms with Crippen molar-refractivity contribution in [2.24, 2.45) is 0 Å². The first-order chi connectivity index (χ1) is 13.0. The molecule has 5 nitrogen and oxygen atoms in total. The predicted molar refractivity (Wildman–Crippen MR) is 112 cm³/mol. The van der Waals surface area contributed by atoms with Crippen LogP contribution in [0.2, 0.25) is 5.02 Å². The summed E-state index contributed by atoms with van der Waals surface area (Å²) in [5.74, 6) is 0.749. The van der Waals surface area contributed by atoms with Gasteiger partial charge in [-0.15, -0.1) is 11.3 Å². The number of nitrogens with zero attached hydrogens (tertiary/aromatic N) is 3. The van der Waals surface area contributed by atoms with E-state index in [1.165, 1.54) is 6.42 Å². The monoisotopic (exact) mass is 400 g/mol. The Hall–Kier alpha value is -2.18. The highest BCUT2D eigenvalue weighted by Gasteiger charge is 2.24. The van der Waals surface area contributed by atoms with Crippen molar-refractivity contribution < 1.29 is 4.79 Å². The number of hydrogen-bond donors (Lipinski definition) is 1. The molecule has 1 N–H and O–H groups in total. The molecular weight excluding hydrogens is 380 g/mol. The Bertz CT molecular complexity index is 1010. The number of anilines is 2. The molecule has 7 heteroatoms. The van der Waals surface area contributed by atoms with Crippen LogP contribution >= 0.6 is 22.9 Å². The van der Waals surface area contributed by atoms with Crippen LogP contribution in [0.4, 0.5) is 11.5 Å². The fourth-order valence-electron chi connectivity index (χ4n) is 3.60. The molecule has 0 atom stereocenters. The highest BCUT2D eigenvalue weighted by atomic mass is 35.5. The van der Waals surface area contributed by atoms with Crippen molar-refractivity contribution in [3.05, 3.63) is 45.6 Å². The molecule has 3 heterocycles. The summed E-state index contributed by atoms with van der Waals surface area (Å²) in [5.41, 5.74) is 2.37. The number of benzene rings is 1. The molecule has 1 aromatic carbocycles. The average molecular weight is 401 g/mol. The highest BCUT2D eigenvalue weighted by molar-refractivity contribution is 7.19. The SMILES string of the molecule is Cc1cc(Cl)ccc1NC(=O)c1c(C)sc2ncnc(N3CCCCC3)c12. The van der Waals surface area contributed by atoms with E-state index in [4.69, 9.17) is 11.6 Å². The third kappa shape index (κ3) is 3.51. The summed E-state index contributed by atoms with van der Waals surface area (Å²) < 4.78 is 0. The van der Waals surface area contributed by atoms with Gasteiger partial charge in [-0.2, -0.15) is 0 Å². The summed E-state index contributed by atoms with van der Waals surface area (Å²) >= 11 is 7.57. The van der Waals surface area contributed by atoms with Crippen LogP contribution in [0.1, 0.15) is 40.1 Å². The number of piperidine rings is 1. The largest absolute Gasteiger partial charge is 0.356 e. The van der Waals surface area contributed by atoms with Crippen molar-refractivity contribution in [2.45, 2.75) is 33.1 Å². The van der Waals surface area contributed by atoms with Gasteiger partial charge >= 0.3 is 0 Å². The van der Waals surface area contributed by atoms with E-state index in [-0.39, 0.29) is 5.91 Å². The number of aryl methyl sites for hydroxylation is 2. The van der Waals surface area contributed by atoms with Crippen LogP contribution in [0, 0.1) is 13.8 Å². The van der Waals surface area contributed by atoms with Crippen molar-refractivity contribution in [3.63, 3.8) is 0 Å². The van der Waals surface area contributed by atoms with Crippen LogP contribution in [0.5, 0.6) is 0 Å². The molecule has 0 bridgehead atoms. The van der Waals surface area contributed by atoms with E-state index in [1.54, 1.807) is 23.7 Å². The second-order valence-electron chi connectivity index (χ2n) is 6.87. The molecule has 1 saturated heterocycles. The van der Waals surface area contributed by atoms with E-state index in [9.17, 15) is 4.79 Å². The van der Waals surface area contributed by atoms with Gasteiger partial charge < -0.3 is 10.2 Å². The third-order valence-corrected chi connectivity index (χ3v) is 6.21. The van der Waals surface area contributed by atoms with E-state index in [0.29, 0.717) is 10.6 Å². The molecule has 0 aliphatic carbocycles. The number of thiophene rings is 1. The van der Waals surface area contributed by atoms with Gasteiger partial charge in [-0.3, -0.25) is 4.79 Å². The summed E-state index contributed by atoms with van der Waals surface area (Å²) in [6.45, 7) is 5.84. The number of halogens is 1. The standard InChI is InChI=1S/C20H21ClN4OS/c1-12-10-14(21)6-7-15(12)24-19(26)16-13(2)27-20-17(16)18(22-11-23-20)25-8-4-3-5-9-25/h6-7,10-11H,3-5,8-9H2,1-2H3,(H,24,26). The lowest BCUT2D eigenvalue weighted by Crippen LogP contribution is -2.30. The Morgan fingerprint density at radius 1 is 1.19 bits per heavy atom. The lowest BCUT2D eigenvalue weighted by molar-refractivity contribution is 0.102. The molecule has 140 valence electrons. The fraction of sp³-hybridized carbons (Fsp3) is 0.350. The maximum absolute atomic E-state index is 13.2. The first-order valence-corrected chi connectivity index (χ1v) is 10.3. The minimum Gasteiger partial charge on any atom is -0.356 e. The van der Waals surface area contributed by atoms with E-state index in [2.05, 4.69) is 20.2 Å².